The Kier molecular flexibility index (Phi) is 3.62. The number of ether oxygens (including phenoxy) is 2. The van der Waals surface area contributed by atoms with Crippen molar-refractivity contribution < 1.29 is 14.0 Å². The second-order valence-electron chi connectivity index (χ2n) is 4.98. The van der Waals surface area contributed by atoms with Crippen molar-refractivity contribution in [3.63, 3.8) is 0 Å². The van der Waals surface area contributed by atoms with Crippen LogP contribution in [0.3, 0.4) is 0 Å². The maximum absolute atomic E-state index is 5.38. The van der Waals surface area contributed by atoms with Crippen molar-refractivity contribution in [1.82, 2.24) is 15.1 Å². The molecular weight excluding hydrogens is 326 g/mol. The SMILES string of the molecule is COc1ccc(-c2noc(-c3nc4ccccc4s3)n2)cc1OC. The molecule has 0 radical (unpaired) electrons. The fourth-order valence-electron chi connectivity index (χ4n) is 2.37. The first-order valence-electron chi connectivity index (χ1n) is 7.20. The van der Waals surface area contributed by atoms with Crippen molar-refractivity contribution in [2.45, 2.75) is 0 Å². The van der Waals surface area contributed by atoms with Crippen molar-refractivity contribution in [1.29, 1.82) is 0 Å². The lowest BCUT2D eigenvalue weighted by Gasteiger charge is -2.07. The summed E-state index contributed by atoms with van der Waals surface area (Å²) in [4.78, 5) is 8.98. The monoisotopic (exact) mass is 339 g/mol. The van der Waals surface area contributed by atoms with Crippen molar-refractivity contribution in [3.8, 4) is 33.8 Å². The average Bonchev–Trinajstić information content (AvgIpc) is 3.27. The Balaban J connectivity index is 1.72. The predicted octanol–water partition coefficient (Wildman–Crippen LogP) is 4.03. The topological polar surface area (TPSA) is 70.3 Å². The lowest BCUT2D eigenvalue weighted by atomic mass is 10.2. The number of hydrogen-bond donors (Lipinski definition) is 0. The molecule has 0 unspecified atom stereocenters. The number of fused-ring (bicyclic) bond motifs is 1. The summed E-state index contributed by atoms with van der Waals surface area (Å²) in [6, 6.07) is 13.4. The largest absolute Gasteiger partial charge is 0.493 e. The van der Waals surface area contributed by atoms with Crippen molar-refractivity contribution in [3.05, 3.63) is 42.5 Å². The van der Waals surface area contributed by atoms with E-state index in [0.717, 1.165) is 15.8 Å². The van der Waals surface area contributed by atoms with Crippen LogP contribution in [-0.4, -0.2) is 29.3 Å². The number of thiazole rings is 1. The van der Waals surface area contributed by atoms with Crippen LogP contribution in [0.25, 0.3) is 32.5 Å². The van der Waals surface area contributed by atoms with Gasteiger partial charge in [-0.2, -0.15) is 4.98 Å². The summed E-state index contributed by atoms with van der Waals surface area (Å²) in [5.74, 6) is 2.14. The number of nitrogens with zero attached hydrogens (tertiary/aromatic N) is 3. The highest BCUT2D eigenvalue weighted by atomic mass is 32.1. The van der Waals surface area contributed by atoms with E-state index in [2.05, 4.69) is 15.1 Å². The Hall–Kier alpha value is -2.93. The van der Waals surface area contributed by atoms with Gasteiger partial charge >= 0.3 is 0 Å². The molecule has 0 bridgehead atoms. The molecule has 0 fully saturated rings. The minimum Gasteiger partial charge on any atom is -0.493 e. The van der Waals surface area contributed by atoms with Gasteiger partial charge in [0.25, 0.3) is 5.89 Å². The van der Waals surface area contributed by atoms with Crippen LogP contribution in [0.15, 0.2) is 47.0 Å². The van der Waals surface area contributed by atoms with Crippen molar-refractivity contribution in [2.75, 3.05) is 14.2 Å². The standard InChI is InChI=1S/C17H13N3O3S/c1-21-12-8-7-10(9-13(12)22-2)15-19-16(23-20-15)17-18-11-5-3-4-6-14(11)24-17/h3-9H,1-2H3. The van der Waals surface area contributed by atoms with Gasteiger partial charge < -0.3 is 14.0 Å². The van der Waals surface area contributed by atoms with Gasteiger partial charge in [-0.15, -0.1) is 11.3 Å². The summed E-state index contributed by atoms with van der Waals surface area (Å²) in [6.45, 7) is 0. The maximum atomic E-state index is 5.38. The molecule has 0 saturated heterocycles. The molecule has 2 aromatic carbocycles. The van der Waals surface area contributed by atoms with Crippen LogP contribution in [0.1, 0.15) is 0 Å². The normalized spacial score (nSPS) is 10.9. The van der Waals surface area contributed by atoms with Crippen molar-refractivity contribution >= 4 is 21.6 Å². The van der Waals surface area contributed by atoms with E-state index in [4.69, 9.17) is 14.0 Å². The predicted molar refractivity (Wildman–Crippen MR) is 91.5 cm³/mol. The third kappa shape index (κ3) is 2.48. The van der Waals surface area contributed by atoms with Crippen LogP contribution in [0.5, 0.6) is 11.5 Å². The maximum Gasteiger partial charge on any atom is 0.287 e. The highest BCUT2D eigenvalue weighted by Gasteiger charge is 2.16. The van der Waals surface area contributed by atoms with Gasteiger partial charge in [0.2, 0.25) is 5.82 Å². The molecule has 2 heterocycles. The number of aromatic nitrogens is 3. The first-order valence-corrected chi connectivity index (χ1v) is 8.02. The van der Waals surface area contributed by atoms with E-state index in [1.54, 1.807) is 14.2 Å². The fraction of sp³-hybridized carbons (Fsp3) is 0.118. The summed E-state index contributed by atoms with van der Waals surface area (Å²) < 4.78 is 17.0. The molecule has 0 N–H and O–H groups in total. The summed E-state index contributed by atoms with van der Waals surface area (Å²) in [7, 11) is 3.18. The molecule has 24 heavy (non-hydrogen) atoms. The van der Waals surface area contributed by atoms with Gasteiger partial charge in [0.1, 0.15) is 0 Å². The van der Waals surface area contributed by atoms with Gasteiger partial charge in [0.15, 0.2) is 16.5 Å². The van der Waals surface area contributed by atoms with Gasteiger partial charge in [-0.25, -0.2) is 4.98 Å². The Morgan fingerprint density at radius 1 is 0.958 bits per heavy atom. The molecule has 0 aliphatic carbocycles. The number of rotatable bonds is 4. The van der Waals surface area contributed by atoms with Crippen LogP contribution in [-0.2, 0) is 0 Å². The molecular formula is C17H13N3O3S. The van der Waals surface area contributed by atoms with Gasteiger partial charge in [-0.05, 0) is 30.3 Å². The third-order valence-corrected chi connectivity index (χ3v) is 4.57. The van der Waals surface area contributed by atoms with Gasteiger partial charge in [-0.1, -0.05) is 17.3 Å². The minimum atomic E-state index is 0.404. The molecule has 0 aliphatic rings. The second kappa shape index (κ2) is 5.93. The van der Waals surface area contributed by atoms with E-state index in [1.165, 1.54) is 11.3 Å². The molecule has 6 nitrogen and oxygen atoms in total. The van der Waals surface area contributed by atoms with Crippen LogP contribution < -0.4 is 9.47 Å². The number of hydrogen-bond acceptors (Lipinski definition) is 7. The summed E-state index contributed by atoms with van der Waals surface area (Å²) in [5.41, 5.74) is 1.70. The number of benzene rings is 2. The van der Waals surface area contributed by atoms with Crippen molar-refractivity contribution in [2.24, 2.45) is 0 Å². The van der Waals surface area contributed by atoms with Crippen LogP contribution in [0, 0.1) is 0 Å². The van der Waals surface area contributed by atoms with E-state index in [9.17, 15) is 0 Å². The molecule has 7 heteroatoms. The first kappa shape index (κ1) is 14.6. The first-order chi connectivity index (χ1) is 11.8. The quantitative estimate of drug-likeness (QED) is 0.559. The van der Waals surface area contributed by atoms with Gasteiger partial charge in [0.05, 0.1) is 24.4 Å². The summed E-state index contributed by atoms with van der Waals surface area (Å²) in [5, 5.41) is 4.75. The highest BCUT2D eigenvalue weighted by molar-refractivity contribution is 7.21. The van der Waals surface area contributed by atoms with E-state index in [1.807, 2.05) is 42.5 Å². The molecule has 0 atom stereocenters. The zero-order chi connectivity index (χ0) is 16.5. The highest BCUT2D eigenvalue weighted by Crippen LogP contribution is 2.33. The third-order valence-electron chi connectivity index (χ3n) is 3.54. The van der Waals surface area contributed by atoms with E-state index >= 15 is 0 Å². The van der Waals surface area contributed by atoms with E-state index < -0.39 is 0 Å². The van der Waals surface area contributed by atoms with Gasteiger partial charge in [0, 0.05) is 5.56 Å². The Bertz CT molecular complexity index is 976. The number of para-hydroxylation sites is 1. The second-order valence-corrected chi connectivity index (χ2v) is 6.01. The Labute approximate surface area is 141 Å². The van der Waals surface area contributed by atoms with E-state index in [0.29, 0.717) is 28.2 Å². The molecule has 4 rings (SSSR count). The Morgan fingerprint density at radius 3 is 2.58 bits per heavy atom. The van der Waals surface area contributed by atoms with Crippen LogP contribution in [0.4, 0.5) is 0 Å². The van der Waals surface area contributed by atoms with Crippen LogP contribution >= 0.6 is 11.3 Å². The molecule has 120 valence electrons. The summed E-state index contributed by atoms with van der Waals surface area (Å²) >= 11 is 1.52. The Morgan fingerprint density at radius 2 is 1.79 bits per heavy atom. The zero-order valence-corrected chi connectivity index (χ0v) is 13.8. The fourth-order valence-corrected chi connectivity index (χ4v) is 3.25. The lowest BCUT2D eigenvalue weighted by molar-refractivity contribution is 0.355. The smallest absolute Gasteiger partial charge is 0.287 e. The summed E-state index contributed by atoms with van der Waals surface area (Å²) in [6.07, 6.45) is 0. The number of methoxy groups -OCH3 is 2. The van der Waals surface area contributed by atoms with Crippen LogP contribution in [0.2, 0.25) is 0 Å². The average molecular weight is 339 g/mol. The molecule has 0 saturated carbocycles. The molecule has 2 aromatic heterocycles. The zero-order valence-electron chi connectivity index (χ0n) is 13.0. The molecule has 4 aromatic rings. The lowest BCUT2D eigenvalue weighted by Crippen LogP contribution is -1.91. The minimum absolute atomic E-state index is 0.404. The van der Waals surface area contributed by atoms with E-state index in [-0.39, 0.29) is 0 Å². The molecule has 0 spiro atoms. The molecule has 0 aliphatic heterocycles. The molecule has 0 amide bonds. The van der Waals surface area contributed by atoms with Gasteiger partial charge in [-0.3, -0.25) is 0 Å².